The van der Waals surface area contributed by atoms with Gasteiger partial charge in [-0.3, -0.25) is 9.79 Å². The zero-order valence-corrected chi connectivity index (χ0v) is 10.8. The second kappa shape index (κ2) is 6.01. The molecular formula is C14H15N3O3. The van der Waals surface area contributed by atoms with Gasteiger partial charge in [0.2, 0.25) is 0 Å². The number of Topliss-reactive ketones (excluding diaryl/α,β-unsaturated/α-hetero) is 1. The highest BCUT2D eigenvalue weighted by molar-refractivity contribution is 6.23. The van der Waals surface area contributed by atoms with Crippen LogP contribution < -0.4 is 10.6 Å². The Hall–Kier alpha value is -2.63. The Kier molecular flexibility index (Phi) is 4.14. The maximum Gasteiger partial charge on any atom is 0.339 e. The Morgan fingerprint density at radius 3 is 2.85 bits per heavy atom. The first kappa shape index (κ1) is 13.8. The van der Waals surface area contributed by atoms with Gasteiger partial charge in [-0.05, 0) is 18.6 Å². The molecule has 0 radical (unpaired) electrons. The summed E-state index contributed by atoms with van der Waals surface area (Å²) in [6.45, 7) is 4.87. The fraction of sp³-hybridized carbons (Fsp3) is 0.214. The summed E-state index contributed by atoms with van der Waals surface area (Å²) in [5.74, 6) is -1.26. The van der Waals surface area contributed by atoms with E-state index in [2.05, 4.69) is 22.2 Å². The van der Waals surface area contributed by atoms with Crippen molar-refractivity contribution >= 4 is 23.4 Å². The van der Waals surface area contributed by atoms with Gasteiger partial charge in [0.25, 0.3) is 0 Å². The van der Waals surface area contributed by atoms with Crippen molar-refractivity contribution in [1.29, 1.82) is 0 Å². The molecule has 1 aromatic carbocycles. The first-order valence-electron chi connectivity index (χ1n) is 6.20. The molecule has 6 nitrogen and oxygen atoms in total. The third kappa shape index (κ3) is 3.23. The fourth-order valence-electron chi connectivity index (χ4n) is 1.76. The van der Waals surface area contributed by atoms with E-state index in [9.17, 15) is 9.59 Å². The van der Waals surface area contributed by atoms with E-state index >= 15 is 0 Å². The summed E-state index contributed by atoms with van der Waals surface area (Å²) in [6, 6.07) is 6.58. The zero-order valence-electron chi connectivity index (χ0n) is 10.8. The minimum Gasteiger partial charge on any atom is -0.478 e. The maximum absolute atomic E-state index is 11.9. The summed E-state index contributed by atoms with van der Waals surface area (Å²) in [4.78, 5) is 26.9. The number of carbonyl (C=O) groups excluding carboxylic acids is 1. The highest BCUT2D eigenvalue weighted by Gasteiger charge is 2.16. The van der Waals surface area contributed by atoms with E-state index in [1.54, 1.807) is 24.3 Å². The minimum atomic E-state index is -1.31. The fourth-order valence-corrected chi connectivity index (χ4v) is 1.76. The van der Waals surface area contributed by atoms with Crippen molar-refractivity contribution in [3.8, 4) is 0 Å². The van der Waals surface area contributed by atoms with Crippen LogP contribution in [0.4, 0.5) is 5.69 Å². The third-order valence-electron chi connectivity index (χ3n) is 2.82. The van der Waals surface area contributed by atoms with Crippen LogP contribution in [0.3, 0.4) is 0 Å². The van der Waals surface area contributed by atoms with Gasteiger partial charge in [-0.25, -0.2) is 4.79 Å². The largest absolute Gasteiger partial charge is 0.478 e. The molecule has 0 saturated carbocycles. The number of nitrogens with zero attached hydrogens (tertiary/aromatic N) is 1. The summed E-state index contributed by atoms with van der Waals surface area (Å²) >= 11 is 0. The summed E-state index contributed by atoms with van der Waals surface area (Å²) in [5, 5.41) is 14.9. The highest BCUT2D eigenvalue weighted by Crippen LogP contribution is 2.14. The van der Waals surface area contributed by atoms with Crippen LogP contribution in [0.2, 0.25) is 0 Å². The molecule has 1 aliphatic heterocycles. The lowest BCUT2D eigenvalue weighted by atomic mass is 10.0. The number of carboxylic acid groups (broad SMARTS) is 1. The molecule has 0 bridgehead atoms. The van der Waals surface area contributed by atoms with Gasteiger partial charge in [0, 0.05) is 24.3 Å². The molecular weight excluding hydrogens is 258 g/mol. The van der Waals surface area contributed by atoms with Crippen molar-refractivity contribution in [2.75, 3.05) is 18.4 Å². The Morgan fingerprint density at radius 1 is 1.40 bits per heavy atom. The predicted molar refractivity (Wildman–Crippen MR) is 76.1 cm³/mol. The van der Waals surface area contributed by atoms with Crippen LogP contribution in [-0.2, 0) is 4.79 Å². The standard InChI is InChI=1S/C14H15N3O3/c1-9(13(19)20)12(18)10-4-2-5-11(8-10)17-14-15-6-3-7-16-14/h2,4-5,8H,1,3,6-7H2,(H,19,20)(H2,15,16,17). The lowest BCUT2D eigenvalue weighted by molar-refractivity contribution is -0.132. The molecule has 0 spiro atoms. The van der Waals surface area contributed by atoms with Crippen molar-refractivity contribution in [1.82, 2.24) is 5.32 Å². The van der Waals surface area contributed by atoms with Crippen molar-refractivity contribution in [2.24, 2.45) is 4.99 Å². The molecule has 0 fully saturated rings. The maximum atomic E-state index is 11.9. The number of anilines is 1. The summed E-state index contributed by atoms with van der Waals surface area (Å²) in [7, 11) is 0. The van der Waals surface area contributed by atoms with Crippen LogP contribution in [0.1, 0.15) is 16.8 Å². The molecule has 3 N–H and O–H groups in total. The molecule has 0 aromatic heterocycles. The van der Waals surface area contributed by atoms with Gasteiger partial charge in [0.15, 0.2) is 11.7 Å². The number of rotatable bonds is 4. The average molecular weight is 273 g/mol. The van der Waals surface area contributed by atoms with Crippen LogP contribution in [0.5, 0.6) is 0 Å². The second-order valence-corrected chi connectivity index (χ2v) is 4.33. The first-order valence-corrected chi connectivity index (χ1v) is 6.20. The number of guanidine groups is 1. The summed E-state index contributed by atoms with van der Waals surface area (Å²) < 4.78 is 0. The van der Waals surface area contributed by atoms with Gasteiger partial charge >= 0.3 is 5.97 Å². The third-order valence-corrected chi connectivity index (χ3v) is 2.82. The van der Waals surface area contributed by atoms with E-state index < -0.39 is 17.3 Å². The molecule has 1 heterocycles. The van der Waals surface area contributed by atoms with Crippen molar-refractivity contribution < 1.29 is 14.7 Å². The van der Waals surface area contributed by atoms with E-state index in [0.717, 1.165) is 19.5 Å². The van der Waals surface area contributed by atoms with E-state index in [0.29, 0.717) is 11.6 Å². The van der Waals surface area contributed by atoms with Gasteiger partial charge < -0.3 is 15.7 Å². The summed E-state index contributed by atoms with van der Waals surface area (Å²) in [5.41, 5.74) is 0.497. The molecule has 2 rings (SSSR count). The number of carboxylic acids is 1. The predicted octanol–water partition coefficient (Wildman–Crippen LogP) is 1.27. The highest BCUT2D eigenvalue weighted by atomic mass is 16.4. The SMILES string of the molecule is C=C(C(=O)O)C(=O)c1cccc(NC2=NCCCN2)c1. The van der Waals surface area contributed by atoms with E-state index in [4.69, 9.17) is 5.11 Å². The molecule has 6 heteroatoms. The molecule has 0 aliphatic carbocycles. The number of benzene rings is 1. The number of aliphatic imine (C=N–C) groups is 1. The number of hydrogen-bond donors (Lipinski definition) is 3. The monoisotopic (exact) mass is 273 g/mol. The minimum absolute atomic E-state index is 0.277. The molecule has 1 aliphatic rings. The average Bonchev–Trinajstić information content (AvgIpc) is 2.47. The topological polar surface area (TPSA) is 90.8 Å². The molecule has 20 heavy (non-hydrogen) atoms. The van der Waals surface area contributed by atoms with E-state index in [1.165, 1.54) is 0 Å². The number of nitrogens with one attached hydrogen (secondary N) is 2. The van der Waals surface area contributed by atoms with Crippen LogP contribution in [0, 0.1) is 0 Å². The normalized spacial score (nSPS) is 13.9. The molecule has 104 valence electrons. The van der Waals surface area contributed by atoms with Crippen LogP contribution in [-0.4, -0.2) is 35.9 Å². The molecule has 0 saturated heterocycles. The molecule has 1 aromatic rings. The van der Waals surface area contributed by atoms with Crippen molar-refractivity contribution in [3.05, 3.63) is 42.0 Å². The van der Waals surface area contributed by atoms with Gasteiger partial charge in [-0.15, -0.1) is 0 Å². The molecule has 0 amide bonds. The second-order valence-electron chi connectivity index (χ2n) is 4.33. The van der Waals surface area contributed by atoms with Gasteiger partial charge in [0.05, 0.1) is 0 Å². The first-order chi connectivity index (χ1) is 9.58. The Bertz CT molecular complexity index is 593. The van der Waals surface area contributed by atoms with Crippen LogP contribution >= 0.6 is 0 Å². The number of hydrogen-bond acceptors (Lipinski definition) is 5. The Balaban J connectivity index is 2.15. The van der Waals surface area contributed by atoms with E-state index in [-0.39, 0.29) is 5.56 Å². The van der Waals surface area contributed by atoms with Gasteiger partial charge in [0.1, 0.15) is 5.57 Å². The quantitative estimate of drug-likeness (QED) is 0.332. The Labute approximate surface area is 116 Å². The zero-order chi connectivity index (χ0) is 14.5. The lowest BCUT2D eigenvalue weighted by Crippen LogP contribution is -2.35. The van der Waals surface area contributed by atoms with Gasteiger partial charge in [-0.1, -0.05) is 18.7 Å². The van der Waals surface area contributed by atoms with Crippen LogP contribution in [0.25, 0.3) is 0 Å². The number of aliphatic carboxylic acids is 1. The van der Waals surface area contributed by atoms with Crippen LogP contribution in [0.15, 0.2) is 41.4 Å². The Morgan fingerprint density at radius 2 is 2.20 bits per heavy atom. The molecule has 0 unspecified atom stereocenters. The number of carbonyl (C=O) groups is 2. The van der Waals surface area contributed by atoms with Crippen molar-refractivity contribution in [2.45, 2.75) is 6.42 Å². The van der Waals surface area contributed by atoms with E-state index in [1.807, 2.05) is 0 Å². The van der Waals surface area contributed by atoms with Crippen molar-refractivity contribution in [3.63, 3.8) is 0 Å². The molecule has 0 atom stereocenters. The number of ketones is 1. The lowest BCUT2D eigenvalue weighted by Gasteiger charge is -2.16. The summed E-state index contributed by atoms with van der Waals surface area (Å²) in [6.07, 6.45) is 0.988. The smallest absolute Gasteiger partial charge is 0.339 e. The van der Waals surface area contributed by atoms with Gasteiger partial charge in [-0.2, -0.15) is 0 Å².